The number of anilines is 2. The van der Waals surface area contributed by atoms with Crippen LogP contribution in [0.15, 0.2) is 42.5 Å². The summed E-state index contributed by atoms with van der Waals surface area (Å²) in [5, 5.41) is 5.88. The van der Waals surface area contributed by atoms with Crippen molar-refractivity contribution >= 4 is 44.8 Å². The van der Waals surface area contributed by atoms with Gasteiger partial charge in [0.1, 0.15) is 5.75 Å². The Kier molecular flexibility index (Phi) is 8.17. The summed E-state index contributed by atoms with van der Waals surface area (Å²) in [6, 6.07) is 11.2. The molecule has 0 bridgehead atoms. The topological polar surface area (TPSA) is 114 Å². The number of fused-ring (bicyclic) bond motifs is 1. The van der Waals surface area contributed by atoms with Gasteiger partial charge in [0.05, 0.1) is 23.2 Å². The van der Waals surface area contributed by atoms with Gasteiger partial charge in [-0.2, -0.15) is 0 Å². The van der Waals surface area contributed by atoms with Gasteiger partial charge in [-0.15, -0.1) is 0 Å². The highest BCUT2D eigenvalue weighted by Gasteiger charge is 2.32. The standard InChI is InChI=1S/C22H26ClN3O6S/c1-31-13-5-11-24-21(27)16-6-3-4-7-17(16)25-22(28)20-10-12-26(33(2,29)30)18-14-15(23)8-9-19(18)32-20/h3-4,6-9,14,20H,5,10-13H2,1-2H3,(H,24,27)(H,25,28). The third-order valence-corrected chi connectivity index (χ3v) is 6.40. The molecule has 2 aromatic carbocycles. The Morgan fingerprint density at radius 2 is 2.00 bits per heavy atom. The minimum absolute atomic E-state index is 0.0336. The molecular formula is C22H26ClN3O6S. The number of halogens is 1. The first kappa shape index (κ1) is 24.8. The number of nitrogens with one attached hydrogen (secondary N) is 2. The van der Waals surface area contributed by atoms with Crippen LogP contribution in [0.5, 0.6) is 5.75 Å². The molecule has 2 aromatic rings. The number of sulfonamides is 1. The summed E-state index contributed by atoms with van der Waals surface area (Å²) in [6.07, 6.45) is 0.873. The molecule has 3 rings (SSSR count). The highest BCUT2D eigenvalue weighted by atomic mass is 35.5. The minimum atomic E-state index is -3.62. The number of hydrogen-bond acceptors (Lipinski definition) is 6. The third kappa shape index (κ3) is 6.37. The molecule has 1 unspecified atom stereocenters. The van der Waals surface area contributed by atoms with E-state index in [2.05, 4.69) is 10.6 Å². The number of carbonyl (C=O) groups is 2. The van der Waals surface area contributed by atoms with E-state index < -0.39 is 22.0 Å². The van der Waals surface area contributed by atoms with E-state index in [1.54, 1.807) is 37.4 Å². The molecule has 1 atom stereocenters. The van der Waals surface area contributed by atoms with Gasteiger partial charge in [0.15, 0.2) is 6.10 Å². The van der Waals surface area contributed by atoms with Crippen LogP contribution in [0.4, 0.5) is 11.4 Å². The molecule has 0 spiro atoms. The zero-order chi connectivity index (χ0) is 24.0. The lowest BCUT2D eigenvalue weighted by Gasteiger charge is -2.21. The van der Waals surface area contributed by atoms with Gasteiger partial charge in [-0.05, 0) is 36.8 Å². The van der Waals surface area contributed by atoms with Crippen LogP contribution in [0.25, 0.3) is 0 Å². The van der Waals surface area contributed by atoms with Crippen LogP contribution >= 0.6 is 11.6 Å². The zero-order valence-corrected chi connectivity index (χ0v) is 19.9. The van der Waals surface area contributed by atoms with Crippen molar-refractivity contribution in [3.05, 3.63) is 53.1 Å². The summed E-state index contributed by atoms with van der Waals surface area (Å²) in [7, 11) is -2.03. The molecule has 1 aliphatic rings. The summed E-state index contributed by atoms with van der Waals surface area (Å²) in [4.78, 5) is 25.6. The Labute approximate surface area is 198 Å². The van der Waals surface area contributed by atoms with E-state index >= 15 is 0 Å². The van der Waals surface area contributed by atoms with E-state index in [9.17, 15) is 18.0 Å². The Morgan fingerprint density at radius 1 is 1.24 bits per heavy atom. The van der Waals surface area contributed by atoms with E-state index in [4.69, 9.17) is 21.1 Å². The average molecular weight is 496 g/mol. The Balaban J connectivity index is 1.78. The largest absolute Gasteiger partial charge is 0.478 e. The normalized spacial score (nSPS) is 15.7. The van der Waals surface area contributed by atoms with Crippen LogP contribution in [0.2, 0.25) is 5.02 Å². The molecule has 2 amide bonds. The molecule has 0 aromatic heterocycles. The van der Waals surface area contributed by atoms with E-state index in [1.165, 1.54) is 16.4 Å². The Hall–Kier alpha value is -2.82. The number of rotatable bonds is 8. The van der Waals surface area contributed by atoms with Gasteiger partial charge in [0, 0.05) is 38.2 Å². The Morgan fingerprint density at radius 3 is 2.73 bits per heavy atom. The van der Waals surface area contributed by atoms with Crippen LogP contribution in [0.1, 0.15) is 23.2 Å². The van der Waals surface area contributed by atoms with Gasteiger partial charge in [-0.25, -0.2) is 8.42 Å². The molecule has 11 heteroatoms. The maximum absolute atomic E-state index is 13.0. The van der Waals surface area contributed by atoms with Crippen LogP contribution in [-0.4, -0.2) is 59.4 Å². The quantitative estimate of drug-likeness (QED) is 0.544. The van der Waals surface area contributed by atoms with Crippen molar-refractivity contribution in [2.75, 3.05) is 42.7 Å². The minimum Gasteiger partial charge on any atom is -0.478 e. The van der Waals surface area contributed by atoms with Gasteiger partial charge >= 0.3 is 0 Å². The van der Waals surface area contributed by atoms with Crippen molar-refractivity contribution in [2.24, 2.45) is 0 Å². The SMILES string of the molecule is COCCCNC(=O)c1ccccc1NC(=O)C1CCN(S(C)(=O)=O)c2cc(Cl)ccc2O1. The summed E-state index contributed by atoms with van der Waals surface area (Å²) in [6.45, 7) is 0.988. The highest BCUT2D eigenvalue weighted by Crippen LogP contribution is 2.36. The Bertz CT molecular complexity index is 1120. The van der Waals surface area contributed by atoms with Crippen LogP contribution < -0.4 is 19.7 Å². The number of para-hydroxylation sites is 1. The van der Waals surface area contributed by atoms with Gasteiger partial charge in [0.25, 0.3) is 11.8 Å². The fraction of sp³-hybridized carbons (Fsp3) is 0.364. The molecule has 0 saturated heterocycles. The van der Waals surface area contributed by atoms with Crippen molar-refractivity contribution in [1.29, 1.82) is 0 Å². The van der Waals surface area contributed by atoms with Crippen molar-refractivity contribution < 1.29 is 27.5 Å². The number of hydrogen-bond donors (Lipinski definition) is 2. The average Bonchev–Trinajstić information content (AvgIpc) is 2.96. The molecule has 0 aliphatic carbocycles. The predicted molar refractivity (Wildman–Crippen MR) is 127 cm³/mol. The van der Waals surface area contributed by atoms with Crippen LogP contribution in [0, 0.1) is 0 Å². The van der Waals surface area contributed by atoms with E-state index in [0.717, 1.165) is 6.26 Å². The van der Waals surface area contributed by atoms with Crippen molar-refractivity contribution in [2.45, 2.75) is 18.9 Å². The van der Waals surface area contributed by atoms with E-state index in [-0.39, 0.29) is 30.3 Å². The highest BCUT2D eigenvalue weighted by molar-refractivity contribution is 7.92. The molecule has 0 fully saturated rings. The molecule has 0 radical (unpaired) electrons. The zero-order valence-electron chi connectivity index (χ0n) is 18.3. The molecule has 1 aliphatic heterocycles. The number of amides is 2. The first-order chi connectivity index (χ1) is 15.7. The van der Waals surface area contributed by atoms with E-state index in [1.807, 2.05) is 0 Å². The van der Waals surface area contributed by atoms with Crippen molar-refractivity contribution in [3.8, 4) is 5.75 Å². The summed E-state index contributed by atoms with van der Waals surface area (Å²) in [5.41, 5.74) is 0.911. The predicted octanol–water partition coefficient (Wildman–Crippen LogP) is 2.66. The first-order valence-electron chi connectivity index (χ1n) is 10.3. The first-order valence-corrected chi connectivity index (χ1v) is 12.5. The molecule has 0 saturated carbocycles. The second kappa shape index (κ2) is 10.9. The van der Waals surface area contributed by atoms with Crippen molar-refractivity contribution in [1.82, 2.24) is 5.32 Å². The maximum atomic E-state index is 13.0. The summed E-state index contributed by atoms with van der Waals surface area (Å²) < 4.78 is 36.6. The van der Waals surface area contributed by atoms with Gasteiger partial charge in [-0.3, -0.25) is 13.9 Å². The number of methoxy groups -OCH3 is 1. The molecule has 2 N–H and O–H groups in total. The maximum Gasteiger partial charge on any atom is 0.265 e. The summed E-state index contributed by atoms with van der Waals surface area (Å²) >= 11 is 6.05. The molecule has 33 heavy (non-hydrogen) atoms. The smallest absolute Gasteiger partial charge is 0.265 e. The van der Waals surface area contributed by atoms with Gasteiger partial charge in [-0.1, -0.05) is 23.7 Å². The van der Waals surface area contributed by atoms with Gasteiger partial charge < -0.3 is 20.1 Å². The monoisotopic (exact) mass is 495 g/mol. The van der Waals surface area contributed by atoms with Crippen LogP contribution in [-0.2, 0) is 19.6 Å². The lowest BCUT2D eigenvalue weighted by molar-refractivity contribution is -0.122. The van der Waals surface area contributed by atoms with Gasteiger partial charge in [0.2, 0.25) is 10.0 Å². The lowest BCUT2D eigenvalue weighted by atomic mass is 10.1. The lowest BCUT2D eigenvalue weighted by Crippen LogP contribution is -2.36. The van der Waals surface area contributed by atoms with E-state index in [0.29, 0.717) is 35.8 Å². The fourth-order valence-electron chi connectivity index (χ4n) is 3.40. The molecule has 9 nitrogen and oxygen atoms in total. The number of ether oxygens (including phenoxy) is 2. The third-order valence-electron chi connectivity index (χ3n) is 4.99. The second-order valence-electron chi connectivity index (χ2n) is 7.48. The van der Waals surface area contributed by atoms with Crippen LogP contribution in [0.3, 0.4) is 0 Å². The number of carbonyl (C=O) groups excluding carboxylic acids is 2. The second-order valence-corrected chi connectivity index (χ2v) is 9.82. The van der Waals surface area contributed by atoms with Crippen molar-refractivity contribution in [3.63, 3.8) is 0 Å². The summed E-state index contributed by atoms with van der Waals surface area (Å²) in [5.74, 6) is -0.593. The molecule has 1 heterocycles. The molecule has 178 valence electrons. The molecular weight excluding hydrogens is 470 g/mol. The number of nitrogens with zero attached hydrogens (tertiary/aromatic N) is 1. The fourth-order valence-corrected chi connectivity index (χ4v) is 4.50. The number of benzene rings is 2.